The van der Waals surface area contributed by atoms with Crippen molar-refractivity contribution in [1.29, 1.82) is 0 Å². The number of esters is 1. The van der Waals surface area contributed by atoms with Crippen molar-refractivity contribution < 1.29 is 23.8 Å². The van der Waals surface area contributed by atoms with Crippen molar-refractivity contribution in [1.82, 2.24) is 5.32 Å². The molecule has 0 radical (unpaired) electrons. The van der Waals surface area contributed by atoms with Crippen LogP contribution in [0.3, 0.4) is 0 Å². The summed E-state index contributed by atoms with van der Waals surface area (Å²) >= 11 is 0. The molecule has 0 heterocycles. The molecule has 0 fully saturated rings. The minimum absolute atomic E-state index is 0.297. The molecule has 0 unspecified atom stereocenters. The molecule has 1 amide bonds. The van der Waals surface area contributed by atoms with Crippen molar-refractivity contribution >= 4 is 11.9 Å². The zero-order valence-electron chi connectivity index (χ0n) is 12.6. The first-order valence-electron chi connectivity index (χ1n) is 6.87. The molecule has 1 rings (SSSR count). The van der Waals surface area contributed by atoms with E-state index in [1.807, 2.05) is 13.8 Å². The Balaban J connectivity index is 2.65. The van der Waals surface area contributed by atoms with Crippen molar-refractivity contribution in [2.45, 2.75) is 20.3 Å². The molecule has 0 saturated heterocycles. The number of benzene rings is 1. The minimum atomic E-state index is -0.578. The summed E-state index contributed by atoms with van der Waals surface area (Å²) in [5, 5.41) is 2.63. The van der Waals surface area contributed by atoms with Gasteiger partial charge in [-0.25, -0.2) is 4.79 Å². The van der Waals surface area contributed by atoms with Crippen molar-refractivity contribution in [3.63, 3.8) is 0 Å². The Labute approximate surface area is 124 Å². The lowest BCUT2D eigenvalue weighted by atomic mass is 10.2. The molecular formula is C15H21NO5. The number of ether oxygens (including phenoxy) is 3. The fourth-order valence-corrected chi connectivity index (χ4v) is 1.60. The maximum Gasteiger partial charge on any atom is 0.338 e. The first-order chi connectivity index (χ1) is 10.1. The van der Waals surface area contributed by atoms with Crippen LogP contribution in [0.2, 0.25) is 0 Å². The third-order valence-electron chi connectivity index (χ3n) is 2.61. The maximum atomic E-state index is 11.9. The van der Waals surface area contributed by atoms with Crippen molar-refractivity contribution in [3.8, 4) is 11.5 Å². The summed E-state index contributed by atoms with van der Waals surface area (Å²) < 4.78 is 15.5. The second-order valence-electron chi connectivity index (χ2n) is 4.22. The van der Waals surface area contributed by atoms with E-state index >= 15 is 0 Å². The fraction of sp³-hybridized carbons (Fsp3) is 0.467. The predicted molar refractivity (Wildman–Crippen MR) is 77.7 cm³/mol. The minimum Gasteiger partial charge on any atom is -0.493 e. The molecule has 21 heavy (non-hydrogen) atoms. The molecule has 0 aromatic heterocycles. The van der Waals surface area contributed by atoms with Gasteiger partial charge in [-0.15, -0.1) is 0 Å². The van der Waals surface area contributed by atoms with Gasteiger partial charge in [0.15, 0.2) is 18.1 Å². The highest BCUT2D eigenvalue weighted by Gasteiger charge is 2.13. The van der Waals surface area contributed by atoms with E-state index in [4.69, 9.17) is 14.2 Å². The predicted octanol–water partition coefficient (Wildman–Crippen LogP) is 1.78. The molecular weight excluding hydrogens is 274 g/mol. The molecule has 0 aliphatic heterocycles. The Morgan fingerprint density at radius 3 is 2.57 bits per heavy atom. The Morgan fingerprint density at radius 2 is 1.95 bits per heavy atom. The fourth-order valence-electron chi connectivity index (χ4n) is 1.60. The van der Waals surface area contributed by atoms with E-state index < -0.39 is 5.97 Å². The topological polar surface area (TPSA) is 73.9 Å². The Hall–Kier alpha value is -2.24. The molecule has 1 N–H and O–H groups in total. The van der Waals surface area contributed by atoms with Crippen LogP contribution in [-0.2, 0) is 9.53 Å². The van der Waals surface area contributed by atoms with Gasteiger partial charge >= 0.3 is 5.97 Å². The van der Waals surface area contributed by atoms with Gasteiger partial charge in [0.2, 0.25) is 0 Å². The van der Waals surface area contributed by atoms with E-state index in [1.54, 1.807) is 12.1 Å². The summed E-state index contributed by atoms with van der Waals surface area (Å²) in [6.07, 6.45) is 0.829. The van der Waals surface area contributed by atoms with E-state index in [0.717, 1.165) is 6.42 Å². The number of hydrogen-bond acceptors (Lipinski definition) is 5. The molecule has 6 heteroatoms. The van der Waals surface area contributed by atoms with E-state index in [2.05, 4.69) is 5.32 Å². The highest BCUT2D eigenvalue weighted by atomic mass is 16.5. The van der Waals surface area contributed by atoms with Crippen molar-refractivity contribution in [3.05, 3.63) is 23.8 Å². The highest BCUT2D eigenvalue weighted by molar-refractivity contribution is 5.92. The third kappa shape index (κ3) is 5.33. The standard InChI is InChI=1S/C15H21NO5/c1-4-8-16-14(17)10-21-15(18)11-6-7-12(19-3)13(9-11)20-5-2/h6-7,9H,4-5,8,10H2,1-3H3,(H,16,17). The van der Waals surface area contributed by atoms with Crippen LogP contribution in [0.25, 0.3) is 0 Å². The summed E-state index contributed by atoms with van der Waals surface area (Å²) in [6.45, 7) is 4.50. The van der Waals surface area contributed by atoms with Gasteiger partial charge in [0, 0.05) is 6.54 Å². The van der Waals surface area contributed by atoms with E-state index in [0.29, 0.717) is 30.2 Å². The number of rotatable bonds is 8. The van der Waals surface area contributed by atoms with Gasteiger partial charge in [-0.2, -0.15) is 0 Å². The number of amides is 1. The third-order valence-corrected chi connectivity index (χ3v) is 2.61. The van der Waals surface area contributed by atoms with Crippen LogP contribution >= 0.6 is 0 Å². The van der Waals surface area contributed by atoms with E-state index in [9.17, 15) is 9.59 Å². The zero-order chi connectivity index (χ0) is 15.7. The van der Waals surface area contributed by atoms with Gasteiger partial charge in [0.05, 0.1) is 19.3 Å². The van der Waals surface area contributed by atoms with Crippen molar-refractivity contribution in [2.75, 3.05) is 26.9 Å². The van der Waals surface area contributed by atoms with Crippen LogP contribution in [0.1, 0.15) is 30.6 Å². The van der Waals surface area contributed by atoms with Gasteiger partial charge in [-0.3, -0.25) is 4.79 Å². The number of carbonyl (C=O) groups is 2. The summed E-state index contributed by atoms with van der Waals surface area (Å²) in [5.41, 5.74) is 0.308. The number of nitrogens with one attached hydrogen (secondary N) is 1. The van der Waals surface area contributed by atoms with Crippen LogP contribution < -0.4 is 14.8 Å². The Bertz CT molecular complexity index is 487. The molecule has 0 aliphatic carbocycles. The van der Waals surface area contributed by atoms with Crippen LogP contribution in [0.4, 0.5) is 0 Å². The smallest absolute Gasteiger partial charge is 0.338 e. The van der Waals surface area contributed by atoms with Gasteiger partial charge in [0.1, 0.15) is 0 Å². The molecule has 1 aromatic carbocycles. The average molecular weight is 295 g/mol. The maximum absolute atomic E-state index is 11.9. The van der Waals surface area contributed by atoms with Crippen LogP contribution in [0.15, 0.2) is 18.2 Å². The molecule has 116 valence electrons. The van der Waals surface area contributed by atoms with Crippen molar-refractivity contribution in [2.24, 2.45) is 0 Å². The summed E-state index contributed by atoms with van der Waals surface area (Å²) in [6, 6.07) is 4.72. The number of methoxy groups -OCH3 is 1. The summed E-state index contributed by atoms with van der Waals surface area (Å²) in [4.78, 5) is 23.3. The first kappa shape index (κ1) is 16.8. The molecule has 0 spiro atoms. The van der Waals surface area contributed by atoms with Crippen LogP contribution in [0, 0.1) is 0 Å². The van der Waals surface area contributed by atoms with Gasteiger partial charge < -0.3 is 19.5 Å². The van der Waals surface area contributed by atoms with Gasteiger partial charge in [0.25, 0.3) is 5.91 Å². The quantitative estimate of drug-likeness (QED) is 0.740. The number of carbonyl (C=O) groups excluding carboxylic acids is 2. The normalized spacial score (nSPS) is 9.86. The monoisotopic (exact) mass is 295 g/mol. The lowest BCUT2D eigenvalue weighted by molar-refractivity contribution is -0.124. The summed E-state index contributed by atoms with van der Waals surface area (Å²) in [7, 11) is 1.52. The zero-order valence-corrected chi connectivity index (χ0v) is 12.6. The van der Waals surface area contributed by atoms with Gasteiger partial charge in [-0.05, 0) is 31.5 Å². The molecule has 0 saturated carbocycles. The van der Waals surface area contributed by atoms with E-state index in [1.165, 1.54) is 13.2 Å². The number of hydrogen-bond donors (Lipinski definition) is 1. The van der Waals surface area contributed by atoms with Crippen LogP contribution in [-0.4, -0.2) is 38.7 Å². The lowest BCUT2D eigenvalue weighted by Crippen LogP contribution is -2.29. The van der Waals surface area contributed by atoms with Crippen LogP contribution in [0.5, 0.6) is 11.5 Å². The molecule has 1 aromatic rings. The second-order valence-corrected chi connectivity index (χ2v) is 4.22. The Kier molecular flexibility index (Phi) is 7.08. The van der Waals surface area contributed by atoms with E-state index in [-0.39, 0.29) is 12.5 Å². The molecule has 0 atom stereocenters. The van der Waals surface area contributed by atoms with Gasteiger partial charge in [-0.1, -0.05) is 6.92 Å². The second kappa shape index (κ2) is 8.84. The molecule has 0 bridgehead atoms. The Morgan fingerprint density at radius 1 is 1.19 bits per heavy atom. The largest absolute Gasteiger partial charge is 0.493 e. The summed E-state index contributed by atoms with van der Waals surface area (Å²) in [5.74, 6) is 0.105. The average Bonchev–Trinajstić information content (AvgIpc) is 2.50. The first-order valence-corrected chi connectivity index (χ1v) is 6.87. The highest BCUT2D eigenvalue weighted by Crippen LogP contribution is 2.28. The lowest BCUT2D eigenvalue weighted by Gasteiger charge is -2.11. The SMILES string of the molecule is CCCNC(=O)COC(=O)c1ccc(OC)c(OCC)c1. The molecule has 0 aliphatic rings. The molecule has 6 nitrogen and oxygen atoms in total.